The SMILES string of the molecule is Nc1nnc(C(=O)Nc2ccccc2F)s1. The molecule has 0 aliphatic rings. The Morgan fingerprint density at radius 3 is 2.75 bits per heavy atom. The van der Waals surface area contributed by atoms with Crippen LogP contribution in [0.15, 0.2) is 24.3 Å². The Bertz CT molecular complexity index is 528. The smallest absolute Gasteiger partial charge is 0.286 e. The average molecular weight is 238 g/mol. The monoisotopic (exact) mass is 238 g/mol. The zero-order chi connectivity index (χ0) is 11.5. The molecule has 1 amide bonds. The number of anilines is 2. The van der Waals surface area contributed by atoms with Crippen LogP contribution in [0, 0.1) is 5.82 Å². The van der Waals surface area contributed by atoms with E-state index in [1.807, 2.05) is 0 Å². The number of rotatable bonds is 2. The maximum absolute atomic E-state index is 13.2. The van der Waals surface area contributed by atoms with Crippen LogP contribution in [-0.4, -0.2) is 16.1 Å². The van der Waals surface area contributed by atoms with Crippen molar-refractivity contribution in [3.8, 4) is 0 Å². The van der Waals surface area contributed by atoms with Gasteiger partial charge in [0.1, 0.15) is 5.82 Å². The summed E-state index contributed by atoms with van der Waals surface area (Å²) >= 11 is 0.942. The topological polar surface area (TPSA) is 80.9 Å². The fourth-order valence-electron chi connectivity index (χ4n) is 1.06. The molecule has 1 aromatic carbocycles. The van der Waals surface area contributed by atoms with Gasteiger partial charge in [0.25, 0.3) is 5.91 Å². The third-order valence-corrected chi connectivity index (χ3v) is 2.51. The molecule has 2 aromatic rings. The van der Waals surface area contributed by atoms with E-state index >= 15 is 0 Å². The second-order valence-corrected chi connectivity index (χ2v) is 3.89. The quantitative estimate of drug-likeness (QED) is 0.831. The van der Waals surface area contributed by atoms with Gasteiger partial charge in [-0.15, -0.1) is 10.2 Å². The molecule has 0 aliphatic heterocycles. The van der Waals surface area contributed by atoms with Crippen molar-refractivity contribution in [2.45, 2.75) is 0 Å². The van der Waals surface area contributed by atoms with Gasteiger partial charge in [-0.05, 0) is 12.1 Å². The second-order valence-electron chi connectivity index (χ2n) is 2.88. The summed E-state index contributed by atoms with van der Waals surface area (Å²) in [6, 6.07) is 5.86. The van der Waals surface area contributed by atoms with Crippen molar-refractivity contribution in [2.75, 3.05) is 11.1 Å². The van der Waals surface area contributed by atoms with E-state index < -0.39 is 11.7 Å². The number of benzene rings is 1. The standard InChI is InChI=1S/C9H7FN4OS/c10-5-3-1-2-4-6(5)12-7(15)8-13-14-9(11)16-8/h1-4H,(H2,11,14)(H,12,15). The van der Waals surface area contributed by atoms with Crippen LogP contribution in [0.4, 0.5) is 15.2 Å². The summed E-state index contributed by atoms with van der Waals surface area (Å²) in [7, 11) is 0. The summed E-state index contributed by atoms with van der Waals surface area (Å²) in [6.07, 6.45) is 0. The van der Waals surface area contributed by atoms with E-state index in [4.69, 9.17) is 5.73 Å². The molecule has 0 saturated heterocycles. The van der Waals surface area contributed by atoms with E-state index in [0.29, 0.717) is 0 Å². The Labute approximate surface area is 94.1 Å². The Balaban J connectivity index is 2.17. The fourth-order valence-corrected chi connectivity index (χ4v) is 1.57. The number of aromatic nitrogens is 2. The Morgan fingerprint density at radius 2 is 2.12 bits per heavy atom. The van der Waals surface area contributed by atoms with E-state index in [1.165, 1.54) is 18.2 Å². The zero-order valence-electron chi connectivity index (χ0n) is 7.98. The molecule has 16 heavy (non-hydrogen) atoms. The van der Waals surface area contributed by atoms with Crippen molar-refractivity contribution >= 4 is 28.1 Å². The largest absolute Gasteiger partial charge is 0.374 e. The van der Waals surface area contributed by atoms with E-state index in [-0.39, 0.29) is 15.8 Å². The highest BCUT2D eigenvalue weighted by atomic mass is 32.1. The molecule has 3 N–H and O–H groups in total. The van der Waals surface area contributed by atoms with Crippen LogP contribution in [0.1, 0.15) is 9.80 Å². The molecule has 0 unspecified atom stereocenters. The van der Waals surface area contributed by atoms with Crippen LogP contribution in [0.5, 0.6) is 0 Å². The second kappa shape index (κ2) is 4.23. The summed E-state index contributed by atoms with van der Waals surface area (Å²) in [5, 5.41) is 9.71. The number of nitrogens with zero attached hydrogens (tertiary/aromatic N) is 2. The normalized spacial score (nSPS) is 10.1. The van der Waals surface area contributed by atoms with Gasteiger partial charge in [-0.3, -0.25) is 4.79 Å². The minimum Gasteiger partial charge on any atom is -0.374 e. The van der Waals surface area contributed by atoms with E-state index in [2.05, 4.69) is 15.5 Å². The Morgan fingerprint density at radius 1 is 1.38 bits per heavy atom. The lowest BCUT2D eigenvalue weighted by Crippen LogP contribution is -2.12. The number of nitrogen functional groups attached to an aromatic ring is 1. The molecule has 0 radical (unpaired) electrons. The van der Waals surface area contributed by atoms with Gasteiger partial charge in [-0.25, -0.2) is 4.39 Å². The first kappa shape index (κ1) is 10.5. The molecule has 0 fully saturated rings. The zero-order valence-corrected chi connectivity index (χ0v) is 8.79. The van der Waals surface area contributed by atoms with Gasteiger partial charge in [-0.2, -0.15) is 0 Å². The van der Waals surface area contributed by atoms with Crippen LogP contribution in [0.2, 0.25) is 0 Å². The lowest BCUT2D eigenvalue weighted by atomic mass is 10.3. The number of para-hydroxylation sites is 1. The molecular weight excluding hydrogens is 231 g/mol. The van der Waals surface area contributed by atoms with Crippen LogP contribution in [0.3, 0.4) is 0 Å². The molecule has 2 rings (SSSR count). The summed E-state index contributed by atoms with van der Waals surface area (Å²) in [6.45, 7) is 0. The molecule has 1 heterocycles. The predicted molar refractivity (Wildman–Crippen MR) is 58.7 cm³/mol. The molecule has 5 nitrogen and oxygen atoms in total. The highest BCUT2D eigenvalue weighted by Gasteiger charge is 2.13. The number of carbonyl (C=O) groups is 1. The first-order chi connectivity index (χ1) is 7.66. The molecule has 82 valence electrons. The van der Waals surface area contributed by atoms with Gasteiger partial charge in [0.15, 0.2) is 0 Å². The summed E-state index contributed by atoms with van der Waals surface area (Å²) < 4.78 is 13.2. The molecule has 0 saturated carbocycles. The number of amides is 1. The third kappa shape index (κ3) is 2.14. The highest BCUT2D eigenvalue weighted by molar-refractivity contribution is 7.16. The van der Waals surface area contributed by atoms with E-state index in [1.54, 1.807) is 6.07 Å². The number of hydrogen-bond acceptors (Lipinski definition) is 5. The predicted octanol–water partition coefficient (Wildman–Crippen LogP) is 1.51. The fraction of sp³-hybridized carbons (Fsp3) is 0. The van der Waals surface area contributed by atoms with Crippen molar-refractivity contribution in [1.82, 2.24) is 10.2 Å². The molecule has 1 aromatic heterocycles. The van der Waals surface area contributed by atoms with Gasteiger partial charge >= 0.3 is 0 Å². The van der Waals surface area contributed by atoms with Crippen molar-refractivity contribution in [2.24, 2.45) is 0 Å². The maximum atomic E-state index is 13.2. The number of halogens is 1. The van der Waals surface area contributed by atoms with Gasteiger partial charge < -0.3 is 11.1 Å². The van der Waals surface area contributed by atoms with Crippen LogP contribution in [0.25, 0.3) is 0 Å². The average Bonchev–Trinajstić information content (AvgIpc) is 2.68. The lowest BCUT2D eigenvalue weighted by molar-refractivity contribution is 0.102. The summed E-state index contributed by atoms with van der Waals surface area (Å²) in [5.41, 5.74) is 5.43. The summed E-state index contributed by atoms with van der Waals surface area (Å²) in [4.78, 5) is 11.6. The van der Waals surface area contributed by atoms with Crippen LogP contribution < -0.4 is 11.1 Å². The minimum atomic E-state index is -0.528. The molecule has 7 heteroatoms. The molecular formula is C9H7FN4OS. The van der Waals surface area contributed by atoms with E-state index in [0.717, 1.165) is 11.3 Å². The molecule has 0 bridgehead atoms. The summed E-state index contributed by atoms with van der Waals surface area (Å²) in [5.74, 6) is -1.03. The molecule has 0 atom stereocenters. The molecule has 0 aliphatic carbocycles. The number of carbonyl (C=O) groups excluding carboxylic acids is 1. The third-order valence-electron chi connectivity index (χ3n) is 1.76. The van der Waals surface area contributed by atoms with Crippen molar-refractivity contribution in [3.63, 3.8) is 0 Å². The van der Waals surface area contributed by atoms with Crippen LogP contribution >= 0.6 is 11.3 Å². The Kier molecular flexibility index (Phi) is 2.78. The number of nitrogens with two attached hydrogens (primary N) is 1. The molecule has 0 spiro atoms. The van der Waals surface area contributed by atoms with Gasteiger partial charge in [-0.1, -0.05) is 23.5 Å². The number of hydrogen-bond donors (Lipinski definition) is 2. The van der Waals surface area contributed by atoms with Gasteiger partial charge in [0, 0.05) is 0 Å². The van der Waals surface area contributed by atoms with E-state index in [9.17, 15) is 9.18 Å². The lowest BCUT2D eigenvalue weighted by Gasteiger charge is -2.02. The van der Waals surface area contributed by atoms with Crippen molar-refractivity contribution < 1.29 is 9.18 Å². The minimum absolute atomic E-state index is 0.0979. The van der Waals surface area contributed by atoms with Gasteiger partial charge in [0.2, 0.25) is 10.1 Å². The van der Waals surface area contributed by atoms with Crippen molar-refractivity contribution in [3.05, 3.63) is 35.1 Å². The van der Waals surface area contributed by atoms with Crippen LogP contribution in [-0.2, 0) is 0 Å². The highest BCUT2D eigenvalue weighted by Crippen LogP contribution is 2.16. The number of nitrogens with one attached hydrogen (secondary N) is 1. The van der Waals surface area contributed by atoms with Crippen molar-refractivity contribution in [1.29, 1.82) is 0 Å². The Hall–Kier alpha value is -2.02. The van der Waals surface area contributed by atoms with Gasteiger partial charge in [0.05, 0.1) is 5.69 Å². The maximum Gasteiger partial charge on any atom is 0.286 e. The first-order valence-electron chi connectivity index (χ1n) is 4.31. The first-order valence-corrected chi connectivity index (χ1v) is 5.13.